The summed E-state index contributed by atoms with van der Waals surface area (Å²) < 4.78 is 51.1. The average Bonchev–Trinajstić information content (AvgIpc) is 3.01. The minimum Gasteiger partial charge on any atom is -0.338 e. The minimum atomic E-state index is -4.49. The molecule has 3 amide bonds. The third kappa shape index (κ3) is 5.69. The second kappa shape index (κ2) is 8.50. The number of urea groups is 1. The van der Waals surface area contributed by atoms with Crippen LogP contribution in [0, 0.1) is 11.7 Å². The van der Waals surface area contributed by atoms with Gasteiger partial charge in [-0.25, -0.2) is 9.18 Å². The molecule has 1 aliphatic heterocycles. The molecule has 0 bridgehead atoms. The number of carbonyl (C=O) groups excluding carboxylic acids is 2. The van der Waals surface area contributed by atoms with Crippen LogP contribution in [0.15, 0.2) is 48.5 Å². The first-order valence-corrected chi connectivity index (χ1v) is 8.95. The van der Waals surface area contributed by atoms with Gasteiger partial charge in [0.1, 0.15) is 5.82 Å². The Kier molecular flexibility index (Phi) is 6.05. The molecular weight excluding hydrogens is 390 g/mol. The summed E-state index contributed by atoms with van der Waals surface area (Å²) in [6.45, 7) is 0.989. The number of rotatable bonds is 5. The number of alkyl halides is 3. The van der Waals surface area contributed by atoms with Gasteiger partial charge in [-0.1, -0.05) is 18.2 Å². The summed E-state index contributed by atoms with van der Waals surface area (Å²) in [5.74, 6) is -0.537. The van der Waals surface area contributed by atoms with Crippen molar-refractivity contribution in [3.8, 4) is 0 Å². The predicted molar refractivity (Wildman–Crippen MR) is 98.4 cm³/mol. The van der Waals surface area contributed by atoms with Gasteiger partial charge in [0.05, 0.1) is 5.56 Å². The highest BCUT2D eigenvalue weighted by Gasteiger charge is 2.31. The Hall–Kier alpha value is -3.10. The van der Waals surface area contributed by atoms with Gasteiger partial charge in [-0.15, -0.1) is 0 Å². The molecule has 1 fully saturated rings. The maximum atomic E-state index is 13.0. The van der Waals surface area contributed by atoms with Crippen molar-refractivity contribution in [3.63, 3.8) is 0 Å². The molecule has 1 atom stereocenters. The Balaban J connectivity index is 1.48. The molecule has 29 heavy (non-hydrogen) atoms. The molecule has 2 N–H and O–H groups in total. The standard InChI is InChI=1S/C20H19F4N3O2/c21-16-6-4-13(5-7-16)11-27-12-14(8-18(27)28)10-25-19(29)26-17-3-1-2-15(9-17)20(22,23)24/h1-7,9,14H,8,10-12H2,(H2,25,26,29)/t14-/m1/s1. The summed E-state index contributed by atoms with van der Waals surface area (Å²) in [5, 5.41) is 4.95. The lowest BCUT2D eigenvalue weighted by molar-refractivity contribution is -0.137. The summed E-state index contributed by atoms with van der Waals surface area (Å²) in [7, 11) is 0. The highest BCUT2D eigenvalue weighted by Crippen LogP contribution is 2.30. The van der Waals surface area contributed by atoms with Crippen LogP contribution in [0.3, 0.4) is 0 Å². The molecule has 1 aliphatic rings. The van der Waals surface area contributed by atoms with Gasteiger partial charge < -0.3 is 15.5 Å². The Bertz CT molecular complexity index is 884. The van der Waals surface area contributed by atoms with Crippen LogP contribution >= 0.6 is 0 Å². The Morgan fingerprint density at radius 3 is 2.55 bits per heavy atom. The SMILES string of the molecule is O=C(NC[C@H]1CC(=O)N(Cc2ccc(F)cc2)C1)Nc1cccc(C(F)(F)F)c1. The van der Waals surface area contributed by atoms with Crippen molar-refractivity contribution < 1.29 is 27.2 Å². The fourth-order valence-electron chi connectivity index (χ4n) is 3.14. The molecule has 1 saturated heterocycles. The van der Waals surface area contributed by atoms with E-state index < -0.39 is 17.8 Å². The number of benzene rings is 2. The van der Waals surface area contributed by atoms with Gasteiger partial charge in [0, 0.05) is 37.7 Å². The summed E-state index contributed by atoms with van der Waals surface area (Å²) in [4.78, 5) is 25.7. The third-order valence-electron chi connectivity index (χ3n) is 4.58. The summed E-state index contributed by atoms with van der Waals surface area (Å²) in [6, 6.07) is 9.56. The fourth-order valence-corrected chi connectivity index (χ4v) is 3.14. The summed E-state index contributed by atoms with van der Waals surface area (Å²) in [6.07, 6.45) is -4.24. The number of hydrogen-bond donors (Lipinski definition) is 2. The minimum absolute atomic E-state index is 0.0257. The molecule has 0 radical (unpaired) electrons. The zero-order valence-corrected chi connectivity index (χ0v) is 15.3. The van der Waals surface area contributed by atoms with Gasteiger partial charge in [-0.05, 0) is 35.9 Å². The molecule has 3 rings (SSSR count). The largest absolute Gasteiger partial charge is 0.416 e. The lowest BCUT2D eigenvalue weighted by atomic mass is 10.1. The number of amides is 3. The lowest BCUT2D eigenvalue weighted by Gasteiger charge is -2.17. The van der Waals surface area contributed by atoms with E-state index in [0.29, 0.717) is 13.1 Å². The number of likely N-dealkylation sites (tertiary alicyclic amines) is 1. The number of halogens is 4. The van der Waals surface area contributed by atoms with Crippen molar-refractivity contribution in [2.75, 3.05) is 18.4 Å². The number of nitrogens with one attached hydrogen (secondary N) is 2. The van der Waals surface area contributed by atoms with E-state index in [4.69, 9.17) is 0 Å². The van der Waals surface area contributed by atoms with E-state index in [0.717, 1.165) is 17.7 Å². The normalized spacial score (nSPS) is 16.8. The first kappa shape index (κ1) is 20.6. The Morgan fingerprint density at radius 1 is 1.14 bits per heavy atom. The molecular formula is C20H19F4N3O2. The van der Waals surface area contributed by atoms with Crippen molar-refractivity contribution in [3.05, 3.63) is 65.5 Å². The Morgan fingerprint density at radius 2 is 1.86 bits per heavy atom. The van der Waals surface area contributed by atoms with E-state index in [2.05, 4.69) is 10.6 Å². The maximum Gasteiger partial charge on any atom is 0.416 e. The number of nitrogens with zero attached hydrogens (tertiary/aromatic N) is 1. The lowest BCUT2D eigenvalue weighted by Crippen LogP contribution is -2.34. The van der Waals surface area contributed by atoms with Crippen molar-refractivity contribution in [2.24, 2.45) is 5.92 Å². The van der Waals surface area contributed by atoms with Gasteiger partial charge in [-0.3, -0.25) is 4.79 Å². The van der Waals surface area contributed by atoms with E-state index in [1.54, 1.807) is 17.0 Å². The quantitative estimate of drug-likeness (QED) is 0.733. The molecule has 2 aromatic rings. The van der Waals surface area contributed by atoms with Crippen LogP contribution in [0.1, 0.15) is 17.5 Å². The molecule has 0 aliphatic carbocycles. The molecule has 154 valence electrons. The van der Waals surface area contributed by atoms with E-state index in [-0.39, 0.29) is 36.3 Å². The topological polar surface area (TPSA) is 61.4 Å². The molecule has 5 nitrogen and oxygen atoms in total. The predicted octanol–water partition coefficient (Wildman–Crippen LogP) is 4.01. The van der Waals surface area contributed by atoms with Gasteiger partial charge in [0.15, 0.2) is 0 Å². The van der Waals surface area contributed by atoms with Crippen LogP contribution in [0.25, 0.3) is 0 Å². The van der Waals surface area contributed by atoms with Crippen molar-refractivity contribution in [1.82, 2.24) is 10.2 Å². The molecule has 1 heterocycles. The van der Waals surface area contributed by atoms with Crippen LogP contribution in [-0.2, 0) is 17.5 Å². The van der Waals surface area contributed by atoms with Gasteiger partial charge >= 0.3 is 12.2 Å². The molecule has 0 saturated carbocycles. The van der Waals surface area contributed by atoms with Crippen LogP contribution in [0.2, 0.25) is 0 Å². The zero-order valence-electron chi connectivity index (χ0n) is 15.3. The van der Waals surface area contributed by atoms with Crippen molar-refractivity contribution >= 4 is 17.6 Å². The zero-order chi connectivity index (χ0) is 21.0. The molecule has 0 spiro atoms. The molecule has 2 aromatic carbocycles. The van der Waals surface area contributed by atoms with Gasteiger partial charge in [0.2, 0.25) is 5.91 Å². The second-order valence-corrected chi connectivity index (χ2v) is 6.88. The highest BCUT2D eigenvalue weighted by molar-refractivity contribution is 5.89. The first-order chi connectivity index (χ1) is 13.7. The van der Waals surface area contributed by atoms with E-state index in [9.17, 15) is 27.2 Å². The molecule has 9 heteroatoms. The van der Waals surface area contributed by atoms with Crippen LogP contribution < -0.4 is 10.6 Å². The van der Waals surface area contributed by atoms with Gasteiger partial charge in [0.25, 0.3) is 0 Å². The van der Waals surface area contributed by atoms with Crippen LogP contribution in [0.4, 0.5) is 28.0 Å². The van der Waals surface area contributed by atoms with Crippen molar-refractivity contribution in [1.29, 1.82) is 0 Å². The number of anilines is 1. The Labute approximate surface area is 164 Å². The van der Waals surface area contributed by atoms with E-state index >= 15 is 0 Å². The first-order valence-electron chi connectivity index (χ1n) is 8.95. The maximum absolute atomic E-state index is 13.0. The third-order valence-corrected chi connectivity index (χ3v) is 4.58. The molecule has 0 unspecified atom stereocenters. The van der Waals surface area contributed by atoms with Crippen LogP contribution in [-0.4, -0.2) is 29.9 Å². The number of carbonyl (C=O) groups is 2. The van der Waals surface area contributed by atoms with Gasteiger partial charge in [-0.2, -0.15) is 13.2 Å². The van der Waals surface area contributed by atoms with Crippen LogP contribution in [0.5, 0.6) is 0 Å². The average molecular weight is 409 g/mol. The highest BCUT2D eigenvalue weighted by atomic mass is 19.4. The summed E-state index contributed by atoms with van der Waals surface area (Å²) >= 11 is 0. The summed E-state index contributed by atoms with van der Waals surface area (Å²) in [5.41, 5.74) is -0.0264. The fraction of sp³-hybridized carbons (Fsp3) is 0.300. The number of hydrogen-bond acceptors (Lipinski definition) is 2. The monoisotopic (exact) mass is 409 g/mol. The van der Waals surface area contributed by atoms with Crippen molar-refractivity contribution in [2.45, 2.75) is 19.1 Å². The van der Waals surface area contributed by atoms with E-state index in [1.165, 1.54) is 24.3 Å². The smallest absolute Gasteiger partial charge is 0.338 e. The molecule has 0 aromatic heterocycles. The second-order valence-electron chi connectivity index (χ2n) is 6.88. The van der Waals surface area contributed by atoms with E-state index in [1.807, 2.05) is 0 Å².